The van der Waals surface area contributed by atoms with Crippen LogP contribution >= 0.6 is 11.3 Å². The standard InChI is InChI=1S/C25H26F3N5O3S/c26-25(27,28)13-36-18-3-1-2-16(10-18)6-7-17-11-19-21(24(35)30-17)22(31-23(34)20-12-37-14-29-20)33(32-19)9-8-15-4-5-15/h1-3,10,12,14-15,17H,4-9,11,13H2,(H,30,35)(H,31,34)/t17-/m0/s1. The molecule has 1 fully saturated rings. The van der Waals surface area contributed by atoms with Crippen LogP contribution in [0.15, 0.2) is 35.2 Å². The summed E-state index contributed by atoms with van der Waals surface area (Å²) in [4.78, 5) is 29.9. The molecule has 2 aromatic heterocycles. The molecule has 3 aromatic rings. The van der Waals surface area contributed by atoms with Gasteiger partial charge in [-0.2, -0.15) is 18.3 Å². The van der Waals surface area contributed by atoms with E-state index < -0.39 is 12.8 Å². The van der Waals surface area contributed by atoms with E-state index in [1.165, 1.54) is 30.2 Å². The first kappa shape index (κ1) is 25.2. The number of amides is 2. The highest BCUT2D eigenvalue weighted by atomic mass is 32.1. The van der Waals surface area contributed by atoms with Gasteiger partial charge in [-0.15, -0.1) is 11.3 Å². The Kier molecular flexibility index (Phi) is 7.18. The Morgan fingerprint density at radius 1 is 1.27 bits per heavy atom. The highest BCUT2D eigenvalue weighted by Gasteiger charge is 2.33. The third kappa shape index (κ3) is 6.48. The maximum atomic E-state index is 13.1. The van der Waals surface area contributed by atoms with Gasteiger partial charge in [-0.05, 0) is 42.9 Å². The summed E-state index contributed by atoms with van der Waals surface area (Å²) in [7, 11) is 0. The number of alkyl halides is 3. The number of rotatable bonds is 10. The summed E-state index contributed by atoms with van der Waals surface area (Å²) in [5.74, 6) is 0.499. The second-order valence-corrected chi connectivity index (χ2v) is 10.1. The Morgan fingerprint density at radius 2 is 2.11 bits per heavy atom. The molecule has 196 valence electrons. The number of fused-ring (bicyclic) bond motifs is 1. The molecule has 0 unspecified atom stereocenters. The predicted octanol–water partition coefficient (Wildman–Crippen LogP) is 4.62. The molecule has 0 radical (unpaired) electrons. The van der Waals surface area contributed by atoms with E-state index in [9.17, 15) is 22.8 Å². The van der Waals surface area contributed by atoms with Crippen LogP contribution in [0.4, 0.5) is 19.0 Å². The largest absolute Gasteiger partial charge is 0.484 e. The number of aryl methyl sites for hydroxylation is 2. The predicted molar refractivity (Wildman–Crippen MR) is 131 cm³/mol. The summed E-state index contributed by atoms with van der Waals surface area (Å²) in [5, 5.41) is 12.2. The van der Waals surface area contributed by atoms with E-state index in [2.05, 4.69) is 15.6 Å². The number of hydrogen-bond acceptors (Lipinski definition) is 6. The van der Waals surface area contributed by atoms with Crippen molar-refractivity contribution in [3.63, 3.8) is 0 Å². The maximum Gasteiger partial charge on any atom is 0.422 e. The first-order valence-corrected chi connectivity index (χ1v) is 13.1. The topological polar surface area (TPSA) is 98.1 Å². The molecule has 8 nitrogen and oxygen atoms in total. The number of benzene rings is 1. The molecule has 0 saturated heterocycles. The van der Waals surface area contributed by atoms with Crippen molar-refractivity contribution in [2.45, 2.75) is 57.3 Å². The first-order valence-electron chi connectivity index (χ1n) is 12.1. The monoisotopic (exact) mass is 533 g/mol. The lowest BCUT2D eigenvalue weighted by Crippen LogP contribution is -2.41. The quantitative estimate of drug-likeness (QED) is 0.396. The molecular weight excluding hydrogens is 507 g/mol. The molecule has 2 aliphatic rings. The Balaban J connectivity index is 1.27. The molecule has 1 saturated carbocycles. The second-order valence-electron chi connectivity index (χ2n) is 9.42. The van der Waals surface area contributed by atoms with E-state index in [1.54, 1.807) is 27.7 Å². The van der Waals surface area contributed by atoms with Crippen LogP contribution < -0.4 is 15.4 Å². The van der Waals surface area contributed by atoms with Crippen LogP contribution in [0, 0.1) is 5.92 Å². The minimum atomic E-state index is -4.40. The lowest BCUT2D eigenvalue weighted by Gasteiger charge is -2.23. The van der Waals surface area contributed by atoms with Gasteiger partial charge in [0.15, 0.2) is 6.61 Å². The smallest absolute Gasteiger partial charge is 0.422 e. The summed E-state index contributed by atoms with van der Waals surface area (Å²) in [5.41, 5.74) is 3.67. The highest BCUT2D eigenvalue weighted by Crippen LogP contribution is 2.34. The fourth-order valence-corrected chi connectivity index (χ4v) is 4.93. The van der Waals surface area contributed by atoms with E-state index in [-0.39, 0.29) is 29.3 Å². The van der Waals surface area contributed by atoms with Gasteiger partial charge in [0.1, 0.15) is 22.8 Å². The number of aromatic nitrogens is 3. The van der Waals surface area contributed by atoms with Gasteiger partial charge in [0.25, 0.3) is 11.8 Å². The van der Waals surface area contributed by atoms with Gasteiger partial charge >= 0.3 is 6.18 Å². The SMILES string of the molecule is O=C(Nc1c2c(nn1CCC1CC1)C[C@H](CCc1cccc(OCC(F)(F)F)c1)NC2=O)c1cscn1. The van der Waals surface area contributed by atoms with E-state index in [1.807, 2.05) is 6.07 Å². The molecule has 37 heavy (non-hydrogen) atoms. The molecule has 2 amide bonds. The minimum absolute atomic E-state index is 0.152. The van der Waals surface area contributed by atoms with Gasteiger partial charge in [-0.3, -0.25) is 9.59 Å². The molecule has 2 N–H and O–H groups in total. The van der Waals surface area contributed by atoms with Gasteiger partial charge < -0.3 is 15.4 Å². The summed E-state index contributed by atoms with van der Waals surface area (Å²) >= 11 is 1.31. The number of nitrogens with one attached hydrogen (secondary N) is 2. The summed E-state index contributed by atoms with van der Waals surface area (Å²) in [6, 6.07) is 6.33. The van der Waals surface area contributed by atoms with Crippen LogP contribution in [0.2, 0.25) is 0 Å². The van der Waals surface area contributed by atoms with Gasteiger partial charge in [0, 0.05) is 24.4 Å². The van der Waals surface area contributed by atoms with Crippen molar-refractivity contribution in [2.24, 2.45) is 5.92 Å². The van der Waals surface area contributed by atoms with Crippen LogP contribution in [-0.4, -0.2) is 45.4 Å². The first-order chi connectivity index (χ1) is 17.7. The number of thiazole rings is 1. The van der Waals surface area contributed by atoms with Crippen molar-refractivity contribution in [1.82, 2.24) is 20.1 Å². The van der Waals surface area contributed by atoms with Crippen molar-refractivity contribution in [3.05, 3.63) is 57.7 Å². The normalized spacial score (nSPS) is 17.3. The summed E-state index contributed by atoms with van der Waals surface area (Å²) < 4.78 is 43.9. The summed E-state index contributed by atoms with van der Waals surface area (Å²) in [6.07, 6.45) is 0.502. The van der Waals surface area contributed by atoms with Crippen LogP contribution in [0.25, 0.3) is 0 Å². The fraction of sp³-hybridized carbons (Fsp3) is 0.440. The van der Waals surface area contributed by atoms with E-state index in [0.29, 0.717) is 48.8 Å². The maximum absolute atomic E-state index is 13.1. The van der Waals surface area contributed by atoms with Crippen LogP contribution in [0.5, 0.6) is 5.75 Å². The van der Waals surface area contributed by atoms with Crippen LogP contribution in [0.1, 0.15) is 57.8 Å². The average molecular weight is 534 g/mol. The Bertz CT molecular complexity index is 1270. The lowest BCUT2D eigenvalue weighted by molar-refractivity contribution is -0.153. The third-order valence-corrected chi connectivity index (χ3v) is 7.04. The third-order valence-electron chi connectivity index (χ3n) is 6.45. The summed E-state index contributed by atoms with van der Waals surface area (Å²) in [6.45, 7) is -0.740. The molecule has 1 aliphatic carbocycles. The zero-order valence-electron chi connectivity index (χ0n) is 19.9. The molecule has 1 atom stereocenters. The number of carbonyl (C=O) groups excluding carboxylic acids is 2. The molecule has 5 rings (SSSR count). The van der Waals surface area contributed by atoms with Crippen molar-refractivity contribution in [1.29, 1.82) is 0 Å². The van der Waals surface area contributed by atoms with Gasteiger partial charge in [0.2, 0.25) is 0 Å². The van der Waals surface area contributed by atoms with Crippen LogP contribution in [0.3, 0.4) is 0 Å². The number of anilines is 1. The van der Waals surface area contributed by atoms with E-state index in [0.717, 1.165) is 12.0 Å². The minimum Gasteiger partial charge on any atom is -0.484 e. The second kappa shape index (κ2) is 10.5. The number of carbonyl (C=O) groups is 2. The Labute approximate surface area is 215 Å². The molecule has 1 aromatic carbocycles. The zero-order valence-corrected chi connectivity index (χ0v) is 20.7. The molecule has 0 spiro atoms. The zero-order chi connectivity index (χ0) is 26.0. The molecule has 12 heteroatoms. The van der Waals surface area contributed by atoms with Crippen molar-refractivity contribution < 1.29 is 27.5 Å². The molecule has 3 heterocycles. The average Bonchev–Trinajstić information content (AvgIpc) is 3.38. The van der Waals surface area contributed by atoms with Gasteiger partial charge in [-0.25, -0.2) is 9.67 Å². The molecule has 1 aliphatic heterocycles. The van der Waals surface area contributed by atoms with Gasteiger partial charge in [-0.1, -0.05) is 25.0 Å². The van der Waals surface area contributed by atoms with Crippen molar-refractivity contribution >= 4 is 29.0 Å². The Morgan fingerprint density at radius 3 is 2.84 bits per heavy atom. The van der Waals surface area contributed by atoms with Gasteiger partial charge in [0.05, 0.1) is 11.2 Å². The molecular formula is C25H26F3N5O3S. The number of halogens is 3. The molecule has 0 bridgehead atoms. The van der Waals surface area contributed by atoms with E-state index in [4.69, 9.17) is 9.84 Å². The fourth-order valence-electron chi connectivity index (χ4n) is 4.40. The van der Waals surface area contributed by atoms with Crippen molar-refractivity contribution in [3.8, 4) is 5.75 Å². The lowest BCUT2D eigenvalue weighted by atomic mass is 9.96. The van der Waals surface area contributed by atoms with Crippen molar-refractivity contribution in [2.75, 3.05) is 11.9 Å². The Hall–Kier alpha value is -3.41. The number of hydrogen-bond donors (Lipinski definition) is 2. The van der Waals surface area contributed by atoms with E-state index >= 15 is 0 Å². The highest BCUT2D eigenvalue weighted by molar-refractivity contribution is 7.07. The van der Waals surface area contributed by atoms with Crippen LogP contribution in [-0.2, 0) is 19.4 Å². The number of nitrogens with zero attached hydrogens (tertiary/aromatic N) is 3. The number of ether oxygens (including phenoxy) is 1.